The van der Waals surface area contributed by atoms with Gasteiger partial charge in [0, 0.05) is 5.56 Å². The van der Waals surface area contributed by atoms with Crippen LogP contribution in [0.15, 0.2) is 24.3 Å². The highest BCUT2D eigenvalue weighted by Crippen LogP contribution is 2.24. The molecule has 0 saturated carbocycles. The van der Waals surface area contributed by atoms with Crippen molar-refractivity contribution in [2.75, 3.05) is 10.7 Å². The molecule has 1 heterocycles. The van der Waals surface area contributed by atoms with Crippen LogP contribution < -0.4 is 16.6 Å². The number of rotatable bonds is 3. The molecule has 0 aliphatic rings. The number of nitrogen functional groups attached to an aromatic ring is 1. The summed E-state index contributed by atoms with van der Waals surface area (Å²) in [4.78, 5) is 8.37. The number of aromatic nitrogens is 2. The zero-order valence-corrected chi connectivity index (χ0v) is 10.2. The van der Waals surface area contributed by atoms with Gasteiger partial charge in [0.1, 0.15) is 23.3 Å². The summed E-state index contributed by atoms with van der Waals surface area (Å²) in [5.41, 5.74) is 3.58. The van der Waals surface area contributed by atoms with E-state index in [-0.39, 0.29) is 5.82 Å². The summed E-state index contributed by atoms with van der Waals surface area (Å²) in [6.07, 6.45) is 0. The summed E-state index contributed by atoms with van der Waals surface area (Å²) in [6, 6.07) is 6.40. The molecule has 0 bridgehead atoms. The topological polar surface area (TPSA) is 75.9 Å². The van der Waals surface area contributed by atoms with Crippen molar-refractivity contribution in [3.8, 4) is 0 Å². The van der Waals surface area contributed by atoms with E-state index >= 15 is 0 Å². The number of para-hydroxylation sites is 1. The van der Waals surface area contributed by atoms with E-state index in [1.54, 1.807) is 32.0 Å². The molecule has 2 rings (SSSR count). The zero-order valence-electron chi connectivity index (χ0n) is 10.2. The van der Waals surface area contributed by atoms with Gasteiger partial charge in [0.25, 0.3) is 0 Å². The Morgan fingerprint density at radius 3 is 2.44 bits per heavy atom. The van der Waals surface area contributed by atoms with Crippen molar-refractivity contribution in [3.05, 3.63) is 41.5 Å². The normalized spacial score (nSPS) is 10.2. The van der Waals surface area contributed by atoms with Crippen molar-refractivity contribution in [1.82, 2.24) is 9.97 Å². The van der Waals surface area contributed by atoms with Crippen LogP contribution in [0.25, 0.3) is 0 Å². The van der Waals surface area contributed by atoms with Crippen LogP contribution in [-0.4, -0.2) is 9.97 Å². The van der Waals surface area contributed by atoms with Gasteiger partial charge < -0.3 is 10.7 Å². The molecule has 4 N–H and O–H groups in total. The molecule has 1 aromatic carbocycles. The molecule has 0 aliphatic heterocycles. The molecule has 0 radical (unpaired) electrons. The number of hydrazine groups is 1. The van der Waals surface area contributed by atoms with Crippen molar-refractivity contribution in [3.63, 3.8) is 0 Å². The van der Waals surface area contributed by atoms with Gasteiger partial charge in [-0.3, -0.25) is 0 Å². The minimum atomic E-state index is -0.338. The molecule has 0 unspecified atom stereocenters. The second-order valence-corrected chi connectivity index (χ2v) is 3.84. The lowest BCUT2D eigenvalue weighted by Crippen LogP contribution is -2.13. The maximum atomic E-state index is 13.5. The van der Waals surface area contributed by atoms with Crippen molar-refractivity contribution in [2.45, 2.75) is 13.8 Å². The molecule has 0 saturated heterocycles. The van der Waals surface area contributed by atoms with Crippen molar-refractivity contribution in [2.24, 2.45) is 5.84 Å². The Hall–Kier alpha value is -2.21. The molecule has 0 fully saturated rings. The van der Waals surface area contributed by atoms with Crippen LogP contribution in [0.5, 0.6) is 0 Å². The minimum Gasteiger partial charge on any atom is -0.337 e. The molecule has 6 heteroatoms. The first-order valence-corrected chi connectivity index (χ1v) is 5.45. The smallest absolute Gasteiger partial charge is 0.148 e. The largest absolute Gasteiger partial charge is 0.337 e. The molecule has 0 aliphatic carbocycles. The standard InChI is InChI=1S/C12H14FN5/c1-7-11(15-8(2)16-12(7)18-14)17-10-6-4-3-5-9(10)13/h3-6H,14H2,1-2H3,(H2,15,16,17,18). The fourth-order valence-corrected chi connectivity index (χ4v) is 1.58. The van der Waals surface area contributed by atoms with Gasteiger partial charge >= 0.3 is 0 Å². The van der Waals surface area contributed by atoms with Gasteiger partial charge in [0.05, 0.1) is 5.69 Å². The SMILES string of the molecule is Cc1nc(NN)c(C)c(Nc2ccccc2F)n1. The third-order valence-electron chi connectivity index (χ3n) is 2.52. The molecule has 1 aromatic heterocycles. The van der Waals surface area contributed by atoms with Gasteiger partial charge in [-0.2, -0.15) is 0 Å². The van der Waals surface area contributed by atoms with E-state index in [1.807, 2.05) is 0 Å². The molecule has 0 amide bonds. The Bertz CT molecular complexity index is 570. The Morgan fingerprint density at radius 2 is 1.78 bits per heavy atom. The molecule has 5 nitrogen and oxygen atoms in total. The quantitative estimate of drug-likeness (QED) is 0.573. The van der Waals surface area contributed by atoms with Crippen LogP contribution >= 0.6 is 0 Å². The monoisotopic (exact) mass is 247 g/mol. The summed E-state index contributed by atoms with van der Waals surface area (Å²) in [5.74, 6) is 6.62. The third-order valence-corrected chi connectivity index (χ3v) is 2.52. The third kappa shape index (κ3) is 2.38. The van der Waals surface area contributed by atoms with E-state index in [9.17, 15) is 4.39 Å². The summed E-state index contributed by atoms with van der Waals surface area (Å²) < 4.78 is 13.5. The lowest BCUT2D eigenvalue weighted by Gasteiger charge is -2.12. The average Bonchev–Trinajstić information content (AvgIpc) is 2.36. The number of anilines is 3. The number of aryl methyl sites for hydroxylation is 1. The highest BCUT2D eigenvalue weighted by atomic mass is 19.1. The van der Waals surface area contributed by atoms with E-state index in [0.717, 1.165) is 5.56 Å². The van der Waals surface area contributed by atoms with Gasteiger partial charge in [-0.1, -0.05) is 12.1 Å². The second kappa shape index (κ2) is 4.97. The maximum Gasteiger partial charge on any atom is 0.148 e. The van der Waals surface area contributed by atoms with Crippen molar-refractivity contribution in [1.29, 1.82) is 0 Å². The number of hydrogen-bond acceptors (Lipinski definition) is 5. The van der Waals surface area contributed by atoms with Crippen LogP contribution in [0.2, 0.25) is 0 Å². The van der Waals surface area contributed by atoms with E-state index in [0.29, 0.717) is 23.1 Å². The molecule has 0 atom stereocenters. The highest BCUT2D eigenvalue weighted by Gasteiger charge is 2.10. The van der Waals surface area contributed by atoms with E-state index in [4.69, 9.17) is 5.84 Å². The number of hydrogen-bond donors (Lipinski definition) is 3. The number of nitrogens with one attached hydrogen (secondary N) is 2. The highest BCUT2D eigenvalue weighted by molar-refractivity contribution is 5.64. The van der Waals surface area contributed by atoms with Crippen molar-refractivity contribution >= 4 is 17.3 Å². The Kier molecular flexibility index (Phi) is 3.38. The van der Waals surface area contributed by atoms with Gasteiger partial charge in [-0.25, -0.2) is 20.2 Å². The molecular weight excluding hydrogens is 233 g/mol. The second-order valence-electron chi connectivity index (χ2n) is 3.84. The first-order chi connectivity index (χ1) is 8.61. The Balaban J connectivity index is 2.40. The van der Waals surface area contributed by atoms with Crippen molar-refractivity contribution < 1.29 is 4.39 Å². The minimum absolute atomic E-state index is 0.338. The number of nitrogens with zero attached hydrogens (tertiary/aromatic N) is 2. The average molecular weight is 247 g/mol. The van der Waals surface area contributed by atoms with Crippen LogP contribution in [0.4, 0.5) is 21.7 Å². The van der Waals surface area contributed by atoms with Gasteiger partial charge in [0.2, 0.25) is 0 Å². The van der Waals surface area contributed by atoms with Crippen LogP contribution in [0.1, 0.15) is 11.4 Å². The Morgan fingerprint density at radius 1 is 1.11 bits per heavy atom. The van der Waals surface area contributed by atoms with Gasteiger partial charge in [-0.15, -0.1) is 0 Å². The fraction of sp³-hybridized carbons (Fsp3) is 0.167. The van der Waals surface area contributed by atoms with Gasteiger partial charge in [0.15, 0.2) is 0 Å². The number of nitrogens with two attached hydrogens (primary N) is 1. The van der Waals surface area contributed by atoms with Gasteiger partial charge in [-0.05, 0) is 26.0 Å². The first kappa shape index (κ1) is 12.3. The van der Waals surface area contributed by atoms with Crippen LogP contribution in [0, 0.1) is 19.7 Å². The lowest BCUT2D eigenvalue weighted by molar-refractivity contribution is 0.631. The summed E-state index contributed by atoms with van der Waals surface area (Å²) in [7, 11) is 0. The van der Waals surface area contributed by atoms with E-state index < -0.39 is 0 Å². The number of benzene rings is 1. The summed E-state index contributed by atoms with van der Waals surface area (Å²) in [5, 5.41) is 2.93. The van der Waals surface area contributed by atoms with E-state index in [2.05, 4.69) is 20.7 Å². The molecular formula is C12H14FN5. The first-order valence-electron chi connectivity index (χ1n) is 5.45. The fourth-order valence-electron chi connectivity index (χ4n) is 1.58. The molecule has 18 heavy (non-hydrogen) atoms. The molecule has 0 spiro atoms. The molecule has 94 valence electrons. The lowest BCUT2D eigenvalue weighted by atomic mass is 10.2. The summed E-state index contributed by atoms with van der Waals surface area (Å²) >= 11 is 0. The summed E-state index contributed by atoms with van der Waals surface area (Å²) in [6.45, 7) is 3.55. The predicted octanol–water partition coefficient (Wildman–Crippen LogP) is 2.26. The maximum absolute atomic E-state index is 13.5. The zero-order chi connectivity index (χ0) is 13.1. The van der Waals surface area contributed by atoms with E-state index in [1.165, 1.54) is 6.07 Å². The molecule has 2 aromatic rings. The predicted molar refractivity (Wildman–Crippen MR) is 69.0 cm³/mol. The number of halogens is 1. The van der Waals surface area contributed by atoms with Crippen LogP contribution in [0.3, 0.4) is 0 Å². The van der Waals surface area contributed by atoms with Crippen LogP contribution in [-0.2, 0) is 0 Å². The Labute approximate surface area is 104 Å².